The Labute approximate surface area is 395 Å². The molecule has 1 aliphatic carbocycles. The SMILES string of the molecule is Cc1c(C(F)F)cccc1[C@@H](C)Nc1nnc(C)c2cnc(N3CCN(C(=O)C4CCC(CN5CCC6(CC5)CCN(C(=O)c5ccc(Cl)c(N7CCC(=O)NC7=O)c5)CC6)CC4)CC3)cc12. The van der Waals surface area contributed by atoms with Gasteiger partial charge in [0.25, 0.3) is 12.3 Å². The molecule has 2 aromatic heterocycles. The number of halogens is 3. The zero-order chi connectivity index (χ0) is 47.0. The van der Waals surface area contributed by atoms with Gasteiger partial charge in [-0.25, -0.2) is 18.6 Å². The van der Waals surface area contributed by atoms with Crippen LogP contribution in [0.4, 0.5) is 30.9 Å². The van der Waals surface area contributed by atoms with Crippen molar-refractivity contribution >= 4 is 63.4 Å². The Morgan fingerprint density at radius 3 is 2.25 bits per heavy atom. The number of hydrogen-bond donors (Lipinski definition) is 2. The van der Waals surface area contributed by atoms with E-state index in [9.17, 15) is 28.0 Å². The minimum Gasteiger partial charge on any atom is -0.362 e. The third kappa shape index (κ3) is 9.92. The molecular weight excluding hydrogens is 878 g/mol. The van der Waals surface area contributed by atoms with Crippen molar-refractivity contribution in [3.63, 3.8) is 0 Å². The van der Waals surface area contributed by atoms with E-state index in [1.807, 2.05) is 42.0 Å². The molecule has 9 rings (SSSR count). The number of benzene rings is 2. The first-order valence-electron chi connectivity index (χ1n) is 24.0. The average molecular weight is 940 g/mol. The van der Waals surface area contributed by atoms with Gasteiger partial charge in [-0.2, -0.15) is 5.10 Å². The van der Waals surface area contributed by atoms with Crippen molar-refractivity contribution in [2.45, 2.75) is 91.0 Å². The van der Waals surface area contributed by atoms with E-state index in [0.29, 0.717) is 72.8 Å². The molecule has 0 unspecified atom stereocenters. The second kappa shape index (κ2) is 19.6. The lowest BCUT2D eigenvalue weighted by molar-refractivity contribution is -0.137. The number of imide groups is 1. The Hall–Kier alpha value is -5.48. The van der Waals surface area contributed by atoms with Gasteiger partial charge in [-0.15, -0.1) is 5.10 Å². The minimum atomic E-state index is -2.55. The molecule has 5 fully saturated rings. The molecule has 1 atom stereocenters. The van der Waals surface area contributed by atoms with Crippen molar-refractivity contribution in [3.05, 3.63) is 81.6 Å². The summed E-state index contributed by atoms with van der Waals surface area (Å²) in [6.07, 6.45) is 7.65. The number of alkyl halides is 2. The van der Waals surface area contributed by atoms with E-state index < -0.39 is 12.5 Å². The van der Waals surface area contributed by atoms with Gasteiger partial charge in [0, 0.05) is 92.8 Å². The number of urea groups is 1. The van der Waals surface area contributed by atoms with E-state index in [-0.39, 0.29) is 53.6 Å². The Bertz CT molecular complexity index is 2510. The number of aromatic nitrogens is 3. The molecule has 67 heavy (non-hydrogen) atoms. The smallest absolute Gasteiger partial charge is 0.328 e. The summed E-state index contributed by atoms with van der Waals surface area (Å²) in [4.78, 5) is 66.7. The van der Waals surface area contributed by atoms with Gasteiger partial charge in [0.15, 0.2) is 5.82 Å². The maximum Gasteiger partial charge on any atom is 0.328 e. The molecule has 1 spiro atoms. The number of likely N-dealkylation sites (tertiary alicyclic amines) is 2. The summed E-state index contributed by atoms with van der Waals surface area (Å²) in [7, 11) is 0. The first-order valence-corrected chi connectivity index (χ1v) is 24.4. The Balaban J connectivity index is 0.716. The third-order valence-electron chi connectivity index (χ3n) is 15.5. The van der Waals surface area contributed by atoms with Gasteiger partial charge in [-0.05, 0) is 132 Å². The molecule has 2 N–H and O–H groups in total. The molecule has 4 aliphatic heterocycles. The fourth-order valence-electron chi connectivity index (χ4n) is 11.2. The Morgan fingerprint density at radius 1 is 0.851 bits per heavy atom. The summed E-state index contributed by atoms with van der Waals surface area (Å²) in [5.74, 6) is 1.92. The number of pyridine rings is 1. The highest BCUT2D eigenvalue weighted by Gasteiger charge is 2.40. The van der Waals surface area contributed by atoms with Gasteiger partial charge >= 0.3 is 6.03 Å². The standard InChI is InChI=1S/C50H61ClF2N10O4/c1-31-37(5-4-6-38(31)45(52)53)32(2)55-46-39-28-43(54-29-40(39)33(3)57-58-46)60-23-25-62(26-24-60)47(65)35-9-7-34(8-10-35)30-59-19-14-50(15-20-59)16-21-61(22-17-50)48(66)36-11-12-41(51)42(27-36)63-18-13-44(64)56-49(63)67/h4-6,11-12,27-29,32,34-35,45H,7-10,13-26,30H2,1-3H3,(H,55,58)(H,56,64,67)/t32-,34?,35?/m1/s1. The molecule has 1 saturated carbocycles. The molecule has 14 nitrogen and oxygen atoms in total. The number of hydrogen-bond acceptors (Lipinski definition) is 10. The lowest BCUT2D eigenvalue weighted by atomic mass is 9.71. The summed E-state index contributed by atoms with van der Waals surface area (Å²) < 4.78 is 27.3. The van der Waals surface area contributed by atoms with E-state index in [4.69, 9.17) is 16.6 Å². The van der Waals surface area contributed by atoms with Crippen molar-refractivity contribution in [2.24, 2.45) is 17.3 Å². The van der Waals surface area contributed by atoms with Gasteiger partial charge in [-0.3, -0.25) is 24.6 Å². The predicted molar refractivity (Wildman–Crippen MR) is 255 cm³/mol. The van der Waals surface area contributed by atoms with Gasteiger partial charge in [0.05, 0.1) is 22.4 Å². The number of amides is 5. The highest BCUT2D eigenvalue weighted by atomic mass is 35.5. The quantitative estimate of drug-likeness (QED) is 0.159. The van der Waals surface area contributed by atoms with E-state index in [1.165, 1.54) is 11.0 Å². The maximum atomic E-state index is 13.8. The summed E-state index contributed by atoms with van der Waals surface area (Å²) in [5, 5.41) is 16.7. The molecule has 0 bridgehead atoms. The number of nitrogens with zero attached hydrogens (tertiary/aromatic N) is 8. The van der Waals surface area contributed by atoms with Gasteiger partial charge in [0.1, 0.15) is 5.82 Å². The van der Waals surface area contributed by atoms with E-state index in [1.54, 1.807) is 31.2 Å². The molecule has 4 saturated heterocycles. The fourth-order valence-corrected chi connectivity index (χ4v) is 11.4. The van der Waals surface area contributed by atoms with Crippen LogP contribution >= 0.6 is 11.6 Å². The number of aryl methyl sites for hydroxylation is 1. The van der Waals surface area contributed by atoms with Crippen LogP contribution in [0.3, 0.4) is 0 Å². The second-order valence-corrected chi connectivity index (χ2v) is 19.9. The van der Waals surface area contributed by atoms with E-state index in [2.05, 4.69) is 30.6 Å². The topological polar surface area (TPSA) is 147 Å². The molecule has 5 amide bonds. The second-order valence-electron chi connectivity index (χ2n) is 19.5. The van der Waals surface area contributed by atoms with Gasteiger partial charge in [0.2, 0.25) is 11.8 Å². The molecule has 0 radical (unpaired) electrons. The third-order valence-corrected chi connectivity index (χ3v) is 15.8. The number of carbonyl (C=O) groups excluding carboxylic acids is 4. The molecule has 4 aromatic rings. The van der Waals surface area contributed by atoms with Crippen LogP contribution in [0, 0.1) is 31.1 Å². The molecule has 2 aromatic carbocycles. The lowest BCUT2D eigenvalue weighted by Crippen LogP contribution is -2.51. The molecule has 6 heterocycles. The predicted octanol–water partition coefficient (Wildman–Crippen LogP) is 8.33. The number of carbonyl (C=O) groups is 4. The monoisotopic (exact) mass is 938 g/mol. The normalized spacial score (nSPS) is 22.1. The number of anilines is 3. The Morgan fingerprint density at radius 2 is 1.55 bits per heavy atom. The van der Waals surface area contributed by atoms with Crippen molar-refractivity contribution in [1.29, 1.82) is 0 Å². The number of piperidine rings is 2. The highest BCUT2D eigenvalue weighted by Crippen LogP contribution is 2.43. The van der Waals surface area contributed by atoms with Crippen LogP contribution in [-0.2, 0) is 9.59 Å². The summed E-state index contributed by atoms with van der Waals surface area (Å²) >= 11 is 6.44. The highest BCUT2D eigenvalue weighted by molar-refractivity contribution is 6.34. The van der Waals surface area contributed by atoms with Gasteiger partial charge < -0.3 is 24.9 Å². The number of nitrogens with one attached hydrogen (secondary N) is 2. The average Bonchev–Trinajstić information content (AvgIpc) is 3.33. The van der Waals surface area contributed by atoms with Crippen molar-refractivity contribution in [3.8, 4) is 0 Å². The first-order chi connectivity index (χ1) is 32.3. The summed E-state index contributed by atoms with van der Waals surface area (Å²) in [6, 6.07) is 11.2. The molecule has 17 heteroatoms. The zero-order valence-corrected chi connectivity index (χ0v) is 39.5. The van der Waals surface area contributed by atoms with Crippen molar-refractivity contribution < 1.29 is 28.0 Å². The summed E-state index contributed by atoms with van der Waals surface area (Å²) in [5.41, 5.74) is 3.29. The van der Waals surface area contributed by atoms with Crippen LogP contribution in [-0.4, -0.2) is 119 Å². The first kappa shape index (κ1) is 46.6. The number of rotatable bonds is 10. The Kier molecular flexibility index (Phi) is 13.7. The van der Waals surface area contributed by atoms with Crippen molar-refractivity contribution in [1.82, 2.24) is 35.2 Å². The van der Waals surface area contributed by atoms with Crippen LogP contribution < -0.4 is 20.4 Å². The van der Waals surface area contributed by atoms with Crippen LogP contribution in [0.1, 0.15) is 110 Å². The minimum absolute atomic E-state index is 0.0276. The number of fused-ring (bicyclic) bond motifs is 1. The molecule has 5 aliphatic rings. The van der Waals surface area contributed by atoms with Crippen LogP contribution in [0.2, 0.25) is 5.02 Å². The van der Waals surface area contributed by atoms with Gasteiger partial charge in [-0.1, -0.05) is 29.8 Å². The van der Waals surface area contributed by atoms with Crippen LogP contribution in [0.25, 0.3) is 10.8 Å². The fraction of sp³-hybridized carbons (Fsp3) is 0.540. The van der Waals surface area contributed by atoms with E-state index in [0.717, 1.165) is 98.8 Å². The van der Waals surface area contributed by atoms with Crippen LogP contribution in [0.5, 0.6) is 0 Å². The number of piperazine rings is 1. The largest absolute Gasteiger partial charge is 0.362 e. The van der Waals surface area contributed by atoms with Crippen LogP contribution in [0.15, 0.2) is 48.7 Å². The molecule has 356 valence electrons. The summed E-state index contributed by atoms with van der Waals surface area (Å²) in [6.45, 7) is 13.0. The lowest BCUT2D eigenvalue weighted by Gasteiger charge is -2.47. The van der Waals surface area contributed by atoms with E-state index >= 15 is 0 Å². The zero-order valence-electron chi connectivity index (χ0n) is 38.7. The maximum absolute atomic E-state index is 13.8. The molecular formula is C50H61ClF2N10O4. The van der Waals surface area contributed by atoms with Crippen molar-refractivity contribution in [2.75, 3.05) is 80.6 Å².